The Morgan fingerprint density at radius 3 is 2.62 bits per heavy atom. The molecule has 0 aromatic heterocycles. The van der Waals surface area contributed by atoms with E-state index in [2.05, 4.69) is 11.0 Å². The Morgan fingerprint density at radius 1 is 1.15 bits per heavy atom. The molecule has 0 unspecified atom stereocenters. The minimum atomic E-state index is -0.543. The molecule has 6 heteroatoms. The predicted octanol–water partition coefficient (Wildman–Crippen LogP) is 2.07. The lowest BCUT2D eigenvalue weighted by Gasteiger charge is -2.33. The van der Waals surface area contributed by atoms with E-state index in [1.165, 1.54) is 25.7 Å². The summed E-state index contributed by atoms with van der Waals surface area (Å²) in [6.07, 6.45) is 11.1. The Morgan fingerprint density at radius 2 is 1.88 bits per heavy atom. The highest BCUT2D eigenvalue weighted by atomic mass is 32.2. The second kappa shape index (κ2) is 6.55. The Labute approximate surface area is 159 Å². The van der Waals surface area contributed by atoms with Crippen LogP contribution in [0.25, 0.3) is 0 Å². The molecule has 4 heterocycles. The Balaban J connectivity index is 1.39. The molecular formula is C20H28N2O3S. The maximum absolute atomic E-state index is 13.4. The average molecular weight is 377 g/mol. The van der Waals surface area contributed by atoms with Gasteiger partial charge in [0, 0.05) is 30.6 Å². The third-order valence-electron chi connectivity index (χ3n) is 7.00. The molecule has 1 spiro atoms. The summed E-state index contributed by atoms with van der Waals surface area (Å²) in [5.74, 6) is 1.69. The van der Waals surface area contributed by atoms with Gasteiger partial charge in [0.25, 0.3) is 0 Å². The van der Waals surface area contributed by atoms with Gasteiger partial charge in [0.2, 0.25) is 11.8 Å². The topological polar surface area (TPSA) is 49.9 Å². The number of amides is 2. The summed E-state index contributed by atoms with van der Waals surface area (Å²) >= 11 is 1.90. The van der Waals surface area contributed by atoms with Gasteiger partial charge in [-0.1, -0.05) is 37.8 Å². The van der Waals surface area contributed by atoms with Gasteiger partial charge in [-0.15, -0.1) is 0 Å². The number of rotatable bonds is 2. The molecule has 0 aromatic rings. The highest BCUT2D eigenvalue weighted by Gasteiger charge is 2.67. The van der Waals surface area contributed by atoms with E-state index < -0.39 is 5.60 Å². The van der Waals surface area contributed by atoms with Crippen LogP contribution in [0.5, 0.6) is 0 Å². The molecule has 5 nitrogen and oxygen atoms in total. The van der Waals surface area contributed by atoms with Gasteiger partial charge < -0.3 is 14.5 Å². The molecule has 0 aromatic carbocycles. The molecule has 4 aliphatic heterocycles. The summed E-state index contributed by atoms with van der Waals surface area (Å²) in [6, 6.07) is 0.336. The van der Waals surface area contributed by atoms with Crippen molar-refractivity contribution in [2.75, 3.05) is 31.1 Å². The first-order chi connectivity index (χ1) is 12.7. The van der Waals surface area contributed by atoms with Gasteiger partial charge in [-0.3, -0.25) is 9.59 Å². The SMILES string of the molecule is O=C([C@H]1[C@@H]2C=C[C@@]3(CN(C4CCCCCC4)C(=O)[C@H]13)O2)N1CCSCC1. The lowest BCUT2D eigenvalue weighted by molar-refractivity contribution is -0.144. The van der Waals surface area contributed by atoms with Crippen molar-refractivity contribution in [3.05, 3.63) is 12.2 Å². The first-order valence-electron chi connectivity index (χ1n) is 10.2. The molecule has 1 saturated carbocycles. The molecule has 2 bridgehead atoms. The van der Waals surface area contributed by atoms with Crippen LogP contribution in [0.4, 0.5) is 0 Å². The fourth-order valence-corrected chi connectivity index (χ4v) is 6.59. The van der Waals surface area contributed by atoms with E-state index in [0.29, 0.717) is 12.6 Å². The van der Waals surface area contributed by atoms with E-state index in [4.69, 9.17) is 4.74 Å². The summed E-state index contributed by atoms with van der Waals surface area (Å²) in [5.41, 5.74) is -0.543. The van der Waals surface area contributed by atoms with E-state index in [9.17, 15) is 9.59 Å². The second-order valence-electron chi connectivity index (χ2n) is 8.45. The number of fused-ring (bicyclic) bond motifs is 1. The lowest BCUT2D eigenvalue weighted by atomic mass is 9.76. The van der Waals surface area contributed by atoms with Crippen molar-refractivity contribution in [2.24, 2.45) is 11.8 Å². The van der Waals surface area contributed by atoms with Crippen LogP contribution in [-0.2, 0) is 14.3 Å². The molecule has 26 heavy (non-hydrogen) atoms. The summed E-state index contributed by atoms with van der Waals surface area (Å²) in [4.78, 5) is 30.7. The minimum absolute atomic E-state index is 0.141. The summed E-state index contributed by atoms with van der Waals surface area (Å²) in [6.45, 7) is 2.25. The number of hydrogen-bond acceptors (Lipinski definition) is 4. The highest BCUT2D eigenvalue weighted by molar-refractivity contribution is 7.99. The molecule has 1 aliphatic carbocycles. The van der Waals surface area contributed by atoms with E-state index in [1.54, 1.807) is 0 Å². The minimum Gasteiger partial charge on any atom is -0.360 e. The largest absolute Gasteiger partial charge is 0.360 e. The van der Waals surface area contributed by atoms with Crippen molar-refractivity contribution in [3.8, 4) is 0 Å². The number of ether oxygens (including phenoxy) is 1. The zero-order valence-electron chi connectivity index (χ0n) is 15.3. The molecule has 2 amide bonds. The summed E-state index contributed by atoms with van der Waals surface area (Å²) in [5, 5.41) is 0. The van der Waals surface area contributed by atoms with Gasteiger partial charge in [0.1, 0.15) is 5.60 Å². The quantitative estimate of drug-likeness (QED) is 0.547. The maximum Gasteiger partial charge on any atom is 0.230 e. The monoisotopic (exact) mass is 376 g/mol. The van der Waals surface area contributed by atoms with Crippen molar-refractivity contribution in [1.82, 2.24) is 9.80 Å². The van der Waals surface area contributed by atoms with Crippen LogP contribution in [0.3, 0.4) is 0 Å². The summed E-state index contributed by atoms with van der Waals surface area (Å²) in [7, 11) is 0. The molecule has 142 valence electrons. The van der Waals surface area contributed by atoms with Crippen molar-refractivity contribution < 1.29 is 14.3 Å². The fraction of sp³-hybridized carbons (Fsp3) is 0.800. The second-order valence-corrected chi connectivity index (χ2v) is 9.67. The van der Waals surface area contributed by atoms with Crippen LogP contribution >= 0.6 is 11.8 Å². The smallest absolute Gasteiger partial charge is 0.230 e. The van der Waals surface area contributed by atoms with E-state index in [-0.39, 0.29) is 29.8 Å². The Kier molecular flexibility index (Phi) is 4.31. The number of thioether (sulfide) groups is 1. The first-order valence-corrected chi connectivity index (χ1v) is 11.4. The highest BCUT2D eigenvalue weighted by Crippen LogP contribution is 2.53. The molecule has 3 saturated heterocycles. The van der Waals surface area contributed by atoms with Crippen LogP contribution in [0.1, 0.15) is 38.5 Å². The van der Waals surface area contributed by atoms with Gasteiger partial charge in [-0.2, -0.15) is 11.8 Å². The van der Waals surface area contributed by atoms with Gasteiger partial charge in [-0.05, 0) is 12.8 Å². The lowest BCUT2D eigenvalue weighted by Crippen LogP contribution is -2.48. The van der Waals surface area contributed by atoms with Crippen LogP contribution in [0, 0.1) is 11.8 Å². The molecule has 5 rings (SSSR count). The van der Waals surface area contributed by atoms with E-state index in [0.717, 1.165) is 37.4 Å². The zero-order chi connectivity index (χ0) is 17.7. The van der Waals surface area contributed by atoms with Crippen molar-refractivity contribution in [2.45, 2.75) is 56.3 Å². The number of nitrogens with zero attached hydrogens (tertiary/aromatic N) is 2. The molecule has 0 N–H and O–H groups in total. The van der Waals surface area contributed by atoms with Gasteiger partial charge in [0.05, 0.1) is 24.5 Å². The number of hydrogen-bond donors (Lipinski definition) is 0. The molecule has 5 aliphatic rings. The number of likely N-dealkylation sites (tertiary alicyclic amines) is 1. The van der Waals surface area contributed by atoms with Crippen molar-refractivity contribution in [3.63, 3.8) is 0 Å². The first kappa shape index (κ1) is 17.1. The third kappa shape index (κ3) is 2.55. The molecule has 4 atom stereocenters. The van der Waals surface area contributed by atoms with Crippen molar-refractivity contribution in [1.29, 1.82) is 0 Å². The van der Waals surface area contributed by atoms with E-state index in [1.807, 2.05) is 22.7 Å². The molecule has 4 fully saturated rings. The van der Waals surface area contributed by atoms with Crippen LogP contribution in [-0.4, -0.2) is 70.5 Å². The van der Waals surface area contributed by atoms with Crippen LogP contribution < -0.4 is 0 Å². The van der Waals surface area contributed by atoms with Gasteiger partial charge >= 0.3 is 0 Å². The average Bonchev–Trinajstić information content (AvgIpc) is 3.22. The molecule has 0 radical (unpaired) electrons. The maximum atomic E-state index is 13.4. The van der Waals surface area contributed by atoms with Gasteiger partial charge in [0.15, 0.2) is 0 Å². The van der Waals surface area contributed by atoms with Crippen LogP contribution in [0.15, 0.2) is 12.2 Å². The zero-order valence-corrected chi connectivity index (χ0v) is 16.1. The summed E-state index contributed by atoms with van der Waals surface area (Å²) < 4.78 is 6.30. The Bertz CT molecular complexity index is 625. The van der Waals surface area contributed by atoms with Gasteiger partial charge in [-0.25, -0.2) is 0 Å². The molecular weight excluding hydrogens is 348 g/mol. The predicted molar refractivity (Wildman–Crippen MR) is 101 cm³/mol. The van der Waals surface area contributed by atoms with E-state index >= 15 is 0 Å². The Hall–Kier alpha value is -1.01. The third-order valence-corrected chi connectivity index (χ3v) is 7.95. The van der Waals surface area contributed by atoms with Crippen LogP contribution in [0.2, 0.25) is 0 Å². The normalized spacial score (nSPS) is 40.2. The van der Waals surface area contributed by atoms with Crippen molar-refractivity contribution >= 4 is 23.6 Å². The standard InChI is InChI=1S/C20H28N2O3S/c23-18(21-9-11-26-12-10-21)16-15-7-8-20(25-15)13-22(19(24)17(16)20)14-5-3-1-2-4-6-14/h7-8,14-17H,1-6,9-13H2/t15-,16-,17-,20-/m0/s1. The fourth-order valence-electron chi connectivity index (χ4n) is 5.68. The number of carbonyl (C=O) groups excluding carboxylic acids is 2. The number of carbonyl (C=O) groups is 2.